The van der Waals surface area contributed by atoms with Gasteiger partial charge in [-0.15, -0.1) is 0 Å². The van der Waals surface area contributed by atoms with Crippen molar-refractivity contribution < 1.29 is 14.1 Å². The molecule has 2 aromatic rings. The van der Waals surface area contributed by atoms with E-state index in [-0.39, 0.29) is 24.5 Å². The lowest BCUT2D eigenvalue weighted by atomic mass is 10.2. The Morgan fingerprint density at radius 2 is 2.32 bits per heavy atom. The minimum Gasteiger partial charge on any atom is -0.382 e. The molecule has 2 aromatic heterocycles. The van der Waals surface area contributed by atoms with Crippen LogP contribution in [-0.4, -0.2) is 51.5 Å². The highest BCUT2D eigenvalue weighted by Crippen LogP contribution is 2.39. The number of hydrogen-bond donors (Lipinski definition) is 1. The number of likely N-dealkylation sites (tertiary alicyclic amines) is 1. The molecule has 1 aliphatic carbocycles. The van der Waals surface area contributed by atoms with Crippen molar-refractivity contribution in [1.29, 1.82) is 0 Å². The first-order chi connectivity index (χ1) is 12.1. The molecule has 0 radical (unpaired) electrons. The van der Waals surface area contributed by atoms with E-state index < -0.39 is 0 Å². The molecule has 2 atom stereocenters. The highest BCUT2D eigenvalue weighted by atomic mass is 16.5. The standard InChI is InChI=1S/C17H23N5O3/c1-24-14-6-12(9-21-5-4-16(18)19-21)22(10-14)17(23)8-13-7-15(20-25-13)11-2-3-11/h4-5,7,11-12,14H,2-3,6,8-10H2,1H3,(H2,18,19)/t12-,14+/m0/s1. The highest BCUT2D eigenvalue weighted by molar-refractivity contribution is 5.79. The molecule has 1 aliphatic heterocycles. The molecule has 2 aliphatic rings. The van der Waals surface area contributed by atoms with Crippen LogP contribution in [0.2, 0.25) is 0 Å². The van der Waals surface area contributed by atoms with Gasteiger partial charge in [-0.05, 0) is 25.3 Å². The summed E-state index contributed by atoms with van der Waals surface area (Å²) in [6, 6.07) is 3.70. The van der Waals surface area contributed by atoms with Crippen LogP contribution in [0.15, 0.2) is 22.9 Å². The molecule has 0 aromatic carbocycles. The summed E-state index contributed by atoms with van der Waals surface area (Å²) in [5.41, 5.74) is 6.65. The first kappa shape index (κ1) is 16.1. The van der Waals surface area contributed by atoms with Gasteiger partial charge in [-0.2, -0.15) is 5.10 Å². The van der Waals surface area contributed by atoms with Gasteiger partial charge in [0.2, 0.25) is 5.91 Å². The zero-order chi connectivity index (χ0) is 17.4. The van der Waals surface area contributed by atoms with Crippen LogP contribution in [0, 0.1) is 0 Å². The Hall–Kier alpha value is -2.35. The third-order valence-electron chi connectivity index (χ3n) is 4.99. The van der Waals surface area contributed by atoms with E-state index in [1.807, 2.05) is 17.2 Å². The van der Waals surface area contributed by atoms with Gasteiger partial charge < -0.3 is 19.9 Å². The van der Waals surface area contributed by atoms with Gasteiger partial charge in [-0.25, -0.2) is 0 Å². The second kappa shape index (κ2) is 6.51. The van der Waals surface area contributed by atoms with Crippen molar-refractivity contribution in [2.75, 3.05) is 19.4 Å². The smallest absolute Gasteiger partial charge is 0.230 e. The number of nitrogens with zero attached hydrogens (tertiary/aromatic N) is 4. The monoisotopic (exact) mass is 345 g/mol. The number of hydrogen-bond acceptors (Lipinski definition) is 6. The average Bonchev–Trinajstić information content (AvgIpc) is 3.00. The van der Waals surface area contributed by atoms with E-state index in [0.717, 1.165) is 25.0 Å². The van der Waals surface area contributed by atoms with Crippen LogP contribution in [0.4, 0.5) is 5.82 Å². The van der Waals surface area contributed by atoms with E-state index in [9.17, 15) is 4.79 Å². The maximum atomic E-state index is 12.8. The van der Waals surface area contributed by atoms with E-state index >= 15 is 0 Å². The minimum atomic E-state index is 0.0302. The summed E-state index contributed by atoms with van der Waals surface area (Å²) in [4.78, 5) is 14.7. The second-order valence-corrected chi connectivity index (χ2v) is 6.93. The van der Waals surface area contributed by atoms with Gasteiger partial charge in [-0.3, -0.25) is 9.48 Å². The molecule has 1 amide bonds. The van der Waals surface area contributed by atoms with Gasteiger partial charge >= 0.3 is 0 Å². The molecule has 0 spiro atoms. The van der Waals surface area contributed by atoms with Crippen LogP contribution < -0.4 is 5.73 Å². The number of amides is 1. The molecule has 4 rings (SSSR count). The lowest BCUT2D eigenvalue weighted by Gasteiger charge is -2.24. The Bertz CT molecular complexity index is 751. The van der Waals surface area contributed by atoms with Gasteiger partial charge in [0, 0.05) is 31.8 Å². The van der Waals surface area contributed by atoms with Crippen LogP contribution >= 0.6 is 0 Å². The quantitative estimate of drug-likeness (QED) is 0.844. The fraction of sp³-hybridized carbons (Fsp3) is 0.588. The van der Waals surface area contributed by atoms with Crippen LogP contribution in [-0.2, 0) is 22.5 Å². The third-order valence-corrected chi connectivity index (χ3v) is 4.99. The molecule has 2 N–H and O–H groups in total. The maximum absolute atomic E-state index is 12.8. The zero-order valence-corrected chi connectivity index (χ0v) is 14.3. The Kier molecular flexibility index (Phi) is 4.20. The van der Waals surface area contributed by atoms with Crippen molar-refractivity contribution in [2.24, 2.45) is 0 Å². The van der Waals surface area contributed by atoms with Gasteiger partial charge in [-0.1, -0.05) is 5.16 Å². The molecule has 0 unspecified atom stereocenters. The predicted molar refractivity (Wildman–Crippen MR) is 89.7 cm³/mol. The fourth-order valence-electron chi connectivity index (χ4n) is 3.45. The molecule has 2 fully saturated rings. The van der Waals surface area contributed by atoms with Gasteiger partial charge in [0.15, 0.2) is 0 Å². The lowest BCUT2D eigenvalue weighted by molar-refractivity contribution is -0.132. The van der Waals surface area contributed by atoms with Crippen LogP contribution in [0.1, 0.15) is 36.6 Å². The second-order valence-electron chi connectivity index (χ2n) is 6.93. The molecule has 1 saturated heterocycles. The molecule has 3 heterocycles. The first-order valence-electron chi connectivity index (χ1n) is 8.69. The third kappa shape index (κ3) is 3.53. The molecular weight excluding hydrogens is 322 g/mol. The van der Waals surface area contributed by atoms with E-state index in [1.54, 1.807) is 17.9 Å². The number of methoxy groups -OCH3 is 1. The fourth-order valence-corrected chi connectivity index (χ4v) is 3.45. The Morgan fingerprint density at radius 1 is 1.48 bits per heavy atom. The van der Waals surface area contributed by atoms with Crippen LogP contribution in [0.3, 0.4) is 0 Å². The van der Waals surface area contributed by atoms with Gasteiger partial charge in [0.1, 0.15) is 11.6 Å². The van der Waals surface area contributed by atoms with Crippen molar-refractivity contribution in [3.05, 3.63) is 29.8 Å². The minimum absolute atomic E-state index is 0.0302. The van der Waals surface area contributed by atoms with Crippen molar-refractivity contribution in [1.82, 2.24) is 19.8 Å². The predicted octanol–water partition coefficient (Wildman–Crippen LogP) is 1.19. The normalized spacial score (nSPS) is 23.3. The number of carbonyl (C=O) groups excluding carboxylic acids is 1. The van der Waals surface area contributed by atoms with E-state index in [2.05, 4.69) is 10.3 Å². The largest absolute Gasteiger partial charge is 0.382 e. The topological polar surface area (TPSA) is 99.4 Å². The number of carbonyl (C=O) groups is 1. The Labute approximate surface area is 145 Å². The van der Waals surface area contributed by atoms with E-state index in [4.69, 9.17) is 15.0 Å². The molecular formula is C17H23N5O3. The number of nitrogen functional groups attached to an aromatic ring is 1. The highest BCUT2D eigenvalue weighted by Gasteiger charge is 2.36. The average molecular weight is 345 g/mol. The first-order valence-corrected chi connectivity index (χ1v) is 8.69. The molecule has 25 heavy (non-hydrogen) atoms. The number of ether oxygens (including phenoxy) is 1. The summed E-state index contributed by atoms with van der Waals surface area (Å²) in [7, 11) is 1.68. The lowest BCUT2D eigenvalue weighted by Crippen LogP contribution is -2.39. The summed E-state index contributed by atoms with van der Waals surface area (Å²) in [5.74, 6) is 1.67. The van der Waals surface area contributed by atoms with Crippen LogP contribution in [0.5, 0.6) is 0 Å². The number of rotatable bonds is 6. The van der Waals surface area contributed by atoms with Crippen molar-refractivity contribution in [2.45, 2.75) is 50.3 Å². The molecule has 8 heteroatoms. The number of nitrogens with two attached hydrogens (primary N) is 1. The number of aromatic nitrogens is 3. The SMILES string of the molecule is CO[C@@H]1C[C@@H](Cn2ccc(N)n2)N(C(=O)Cc2cc(C3CC3)no2)C1. The Morgan fingerprint density at radius 3 is 3.00 bits per heavy atom. The van der Waals surface area contributed by atoms with Gasteiger partial charge in [0.25, 0.3) is 0 Å². The van der Waals surface area contributed by atoms with E-state index in [0.29, 0.717) is 30.6 Å². The molecule has 0 bridgehead atoms. The molecule has 134 valence electrons. The van der Waals surface area contributed by atoms with Crippen LogP contribution in [0.25, 0.3) is 0 Å². The molecule has 8 nitrogen and oxygen atoms in total. The summed E-state index contributed by atoms with van der Waals surface area (Å²) in [6.45, 7) is 1.19. The zero-order valence-electron chi connectivity index (χ0n) is 14.3. The summed E-state index contributed by atoms with van der Waals surface area (Å²) < 4.78 is 12.6. The van der Waals surface area contributed by atoms with Crippen molar-refractivity contribution in [3.8, 4) is 0 Å². The summed E-state index contributed by atoms with van der Waals surface area (Å²) >= 11 is 0. The molecule has 1 saturated carbocycles. The Balaban J connectivity index is 1.43. The van der Waals surface area contributed by atoms with Gasteiger partial charge in [0.05, 0.1) is 30.8 Å². The van der Waals surface area contributed by atoms with Crippen molar-refractivity contribution in [3.63, 3.8) is 0 Å². The maximum Gasteiger partial charge on any atom is 0.230 e. The van der Waals surface area contributed by atoms with Crippen molar-refractivity contribution >= 4 is 11.7 Å². The summed E-state index contributed by atoms with van der Waals surface area (Å²) in [6.07, 6.45) is 5.21. The van der Waals surface area contributed by atoms with E-state index in [1.165, 1.54) is 0 Å². The number of anilines is 1. The summed E-state index contributed by atoms with van der Waals surface area (Å²) in [5, 5.41) is 8.30.